The SMILES string of the molecule is C=C(C)C(=O)OCC(=O)c1ccc(NS(=C)(=O)C(F)(F)F)c2ccccc12. The number of hydrogen-bond acceptors (Lipinski definition) is 4. The molecule has 0 radical (unpaired) electrons. The van der Waals surface area contributed by atoms with E-state index < -0.39 is 33.6 Å². The van der Waals surface area contributed by atoms with E-state index in [1.54, 1.807) is 12.1 Å². The first kappa shape index (κ1) is 20.5. The van der Waals surface area contributed by atoms with Gasteiger partial charge in [0, 0.05) is 16.5 Å². The minimum Gasteiger partial charge on any atom is -0.454 e. The molecule has 1 N–H and O–H groups in total. The van der Waals surface area contributed by atoms with Crippen molar-refractivity contribution in [1.82, 2.24) is 0 Å². The monoisotopic (exact) mass is 399 g/mol. The topological polar surface area (TPSA) is 72.5 Å². The van der Waals surface area contributed by atoms with Crippen LogP contribution in [0.3, 0.4) is 0 Å². The van der Waals surface area contributed by atoms with Crippen molar-refractivity contribution in [2.75, 3.05) is 11.3 Å². The Labute approximate surface area is 154 Å². The molecule has 27 heavy (non-hydrogen) atoms. The predicted molar refractivity (Wildman–Crippen MR) is 99.0 cm³/mol. The highest BCUT2D eigenvalue weighted by atomic mass is 32.2. The summed E-state index contributed by atoms with van der Waals surface area (Å²) in [6, 6.07) is 8.61. The Balaban J connectivity index is 2.42. The maximum absolute atomic E-state index is 12.9. The Morgan fingerprint density at radius 1 is 1.15 bits per heavy atom. The molecule has 9 heteroatoms. The molecule has 144 valence electrons. The molecule has 2 aromatic rings. The third-order valence-electron chi connectivity index (χ3n) is 3.56. The fourth-order valence-corrected chi connectivity index (χ4v) is 2.85. The number of carbonyl (C=O) groups excluding carboxylic acids is 2. The van der Waals surface area contributed by atoms with E-state index in [0.717, 1.165) is 0 Å². The highest BCUT2D eigenvalue weighted by molar-refractivity contribution is 8.02. The molecule has 0 aliphatic rings. The lowest BCUT2D eigenvalue weighted by Crippen LogP contribution is -2.29. The molecule has 2 aromatic carbocycles. The van der Waals surface area contributed by atoms with Crippen LogP contribution < -0.4 is 4.72 Å². The van der Waals surface area contributed by atoms with Crippen molar-refractivity contribution in [3.8, 4) is 0 Å². The van der Waals surface area contributed by atoms with Crippen LogP contribution in [0.2, 0.25) is 0 Å². The summed E-state index contributed by atoms with van der Waals surface area (Å²) in [5, 5.41) is 0.562. The fourth-order valence-electron chi connectivity index (χ4n) is 2.20. The Hall–Kier alpha value is -2.81. The molecule has 2 rings (SSSR count). The Morgan fingerprint density at radius 2 is 1.74 bits per heavy atom. The van der Waals surface area contributed by atoms with Gasteiger partial charge in [-0.25, -0.2) is 9.00 Å². The predicted octanol–water partition coefficient (Wildman–Crippen LogP) is 3.70. The average Bonchev–Trinajstić information content (AvgIpc) is 2.58. The molecule has 0 saturated carbocycles. The number of nitrogens with one attached hydrogen (secondary N) is 1. The minimum atomic E-state index is -5.04. The van der Waals surface area contributed by atoms with Crippen LogP contribution in [0.5, 0.6) is 0 Å². The van der Waals surface area contributed by atoms with Gasteiger partial charge in [-0.1, -0.05) is 30.8 Å². The van der Waals surface area contributed by atoms with Crippen LogP contribution in [0.4, 0.5) is 18.9 Å². The number of ketones is 1. The second-order valence-corrected chi connectivity index (χ2v) is 7.73. The molecule has 0 spiro atoms. The van der Waals surface area contributed by atoms with Crippen molar-refractivity contribution in [2.45, 2.75) is 12.4 Å². The molecule has 0 amide bonds. The van der Waals surface area contributed by atoms with E-state index in [-0.39, 0.29) is 22.2 Å². The number of esters is 1. The molecule has 0 saturated heterocycles. The fraction of sp³-hybridized carbons (Fsp3) is 0.167. The molecule has 0 aromatic heterocycles. The van der Waals surface area contributed by atoms with Crippen molar-refractivity contribution in [3.63, 3.8) is 0 Å². The second kappa shape index (κ2) is 7.43. The van der Waals surface area contributed by atoms with Crippen LogP contribution in [-0.4, -0.2) is 33.9 Å². The molecular formula is C18H16F3NO4S. The smallest absolute Gasteiger partial charge is 0.454 e. The summed E-state index contributed by atoms with van der Waals surface area (Å²) in [5.74, 6) is 1.45. The number of fused-ring (bicyclic) bond motifs is 1. The van der Waals surface area contributed by atoms with Crippen LogP contribution >= 0.6 is 0 Å². The molecule has 1 unspecified atom stereocenters. The van der Waals surface area contributed by atoms with Gasteiger partial charge in [0.15, 0.2) is 6.61 Å². The first-order valence-electron chi connectivity index (χ1n) is 7.53. The summed E-state index contributed by atoms with van der Waals surface area (Å²) in [7, 11) is -4.62. The lowest BCUT2D eigenvalue weighted by Gasteiger charge is -2.17. The van der Waals surface area contributed by atoms with Crippen molar-refractivity contribution < 1.29 is 31.7 Å². The number of hydrogen-bond donors (Lipinski definition) is 1. The van der Waals surface area contributed by atoms with Gasteiger partial charge in [-0.15, -0.1) is 0 Å². The lowest BCUT2D eigenvalue weighted by molar-refractivity contribution is -0.137. The van der Waals surface area contributed by atoms with E-state index in [4.69, 9.17) is 4.74 Å². The van der Waals surface area contributed by atoms with Crippen molar-refractivity contribution >= 4 is 43.8 Å². The maximum atomic E-state index is 12.9. The largest absolute Gasteiger partial charge is 0.481 e. The van der Waals surface area contributed by atoms with E-state index in [1.165, 1.54) is 31.2 Å². The minimum absolute atomic E-state index is 0.0848. The number of Topliss-reactive ketones (excluding diaryl/α,β-unsaturated/α-hetero) is 1. The van der Waals surface area contributed by atoms with Crippen molar-refractivity contribution in [3.05, 3.63) is 54.1 Å². The van der Waals surface area contributed by atoms with Crippen LogP contribution in [-0.2, 0) is 19.2 Å². The molecule has 5 nitrogen and oxygen atoms in total. The number of benzene rings is 2. The Bertz CT molecular complexity index is 1030. The van der Waals surface area contributed by atoms with Crippen molar-refractivity contribution in [1.29, 1.82) is 0 Å². The second-order valence-electron chi connectivity index (χ2n) is 5.71. The normalized spacial score (nSPS) is 13.6. The van der Waals surface area contributed by atoms with Gasteiger partial charge < -0.3 is 9.46 Å². The highest BCUT2D eigenvalue weighted by Gasteiger charge is 2.40. The summed E-state index contributed by atoms with van der Waals surface area (Å²) >= 11 is 0. The number of carbonyl (C=O) groups is 2. The number of ether oxygens (including phenoxy) is 1. The molecule has 0 aliphatic carbocycles. The molecular weight excluding hydrogens is 383 g/mol. The number of anilines is 1. The van der Waals surface area contributed by atoms with Gasteiger partial charge in [0.1, 0.15) is 9.71 Å². The van der Waals surface area contributed by atoms with Crippen molar-refractivity contribution in [2.24, 2.45) is 0 Å². The number of halogens is 3. The van der Waals surface area contributed by atoms with E-state index in [1.807, 2.05) is 4.72 Å². The van der Waals surface area contributed by atoms with E-state index in [2.05, 4.69) is 12.4 Å². The first-order chi connectivity index (χ1) is 12.4. The van der Waals surface area contributed by atoms with E-state index in [0.29, 0.717) is 5.39 Å². The van der Waals surface area contributed by atoms with Crippen LogP contribution in [0.1, 0.15) is 17.3 Å². The quantitative estimate of drug-likeness (QED) is 0.348. The Kier molecular flexibility index (Phi) is 5.65. The zero-order chi connectivity index (χ0) is 20.4. The van der Waals surface area contributed by atoms with Crippen LogP contribution in [0, 0.1) is 0 Å². The van der Waals surface area contributed by atoms with Gasteiger partial charge in [0.05, 0.1) is 5.69 Å². The van der Waals surface area contributed by atoms with Gasteiger partial charge in [-0.05, 0) is 30.3 Å². The third kappa shape index (κ3) is 4.48. The Morgan fingerprint density at radius 3 is 2.30 bits per heavy atom. The maximum Gasteiger partial charge on any atom is 0.481 e. The molecule has 0 heterocycles. The lowest BCUT2D eigenvalue weighted by atomic mass is 10.0. The standard InChI is InChI=1S/C18H16F3NO4S/c1-11(2)17(24)26-10-16(23)14-8-9-15(13-7-5-4-6-12(13)14)22-27(3,25)18(19,20)21/h4-9H,1,3,10H2,2H3,(H,22,25). The summed E-state index contributed by atoms with van der Waals surface area (Å²) in [5.41, 5.74) is -4.85. The highest BCUT2D eigenvalue weighted by Crippen LogP contribution is 2.31. The molecule has 0 aliphatic heterocycles. The third-order valence-corrected chi connectivity index (χ3v) is 4.85. The summed E-state index contributed by atoms with van der Waals surface area (Å²) < 4.78 is 57.1. The van der Waals surface area contributed by atoms with Gasteiger partial charge in [-0.3, -0.25) is 4.79 Å². The van der Waals surface area contributed by atoms with Gasteiger partial charge in [-0.2, -0.15) is 13.2 Å². The first-order valence-corrected chi connectivity index (χ1v) is 9.25. The van der Waals surface area contributed by atoms with Crippen LogP contribution in [0.25, 0.3) is 10.8 Å². The average molecular weight is 399 g/mol. The van der Waals surface area contributed by atoms with Crippen LogP contribution in [0.15, 0.2) is 48.6 Å². The van der Waals surface area contributed by atoms with Gasteiger partial charge >= 0.3 is 11.5 Å². The summed E-state index contributed by atoms with van der Waals surface area (Å²) in [4.78, 5) is 23.8. The van der Waals surface area contributed by atoms with E-state index >= 15 is 0 Å². The summed E-state index contributed by atoms with van der Waals surface area (Å²) in [6.45, 7) is 4.29. The molecule has 0 fully saturated rings. The molecule has 1 atom stereocenters. The number of alkyl halides is 3. The van der Waals surface area contributed by atoms with Gasteiger partial charge in [0.2, 0.25) is 5.78 Å². The van der Waals surface area contributed by atoms with Gasteiger partial charge in [0.25, 0.3) is 0 Å². The van der Waals surface area contributed by atoms with E-state index in [9.17, 15) is 27.0 Å². The zero-order valence-corrected chi connectivity index (χ0v) is 15.1. The zero-order valence-electron chi connectivity index (χ0n) is 14.3. The number of rotatable bonds is 6. The summed E-state index contributed by atoms with van der Waals surface area (Å²) in [6.07, 6.45) is 0. The molecule has 0 bridgehead atoms.